The molecule has 2 aromatic carbocycles. The van der Waals surface area contributed by atoms with Crippen molar-refractivity contribution in [2.45, 2.75) is 11.3 Å². The number of thioether (sulfide) groups is 1. The van der Waals surface area contributed by atoms with E-state index in [1.54, 1.807) is 6.07 Å². The van der Waals surface area contributed by atoms with E-state index in [2.05, 4.69) is 11.2 Å². The van der Waals surface area contributed by atoms with Crippen molar-refractivity contribution in [3.8, 4) is 16.9 Å². The van der Waals surface area contributed by atoms with Crippen molar-refractivity contribution in [2.24, 2.45) is 0 Å². The van der Waals surface area contributed by atoms with Gasteiger partial charge in [0.25, 0.3) is 0 Å². The summed E-state index contributed by atoms with van der Waals surface area (Å²) >= 11 is 20.4. The predicted octanol–water partition coefficient (Wildman–Crippen LogP) is 6.15. The van der Waals surface area contributed by atoms with Crippen LogP contribution in [-0.2, 0) is 6.42 Å². The Hall–Kier alpha value is -1.13. The molecule has 0 fully saturated rings. The number of halogens is 3. The number of rotatable bonds is 1. The highest BCUT2D eigenvalue weighted by Crippen LogP contribution is 2.40. The molecule has 0 aliphatic carbocycles. The van der Waals surface area contributed by atoms with Crippen molar-refractivity contribution in [3.05, 3.63) is 63.2 Å². The van der Waals surface area contributed by atoms with Crippen molar-refractivity contribution in [1.29, 1.82) is 0 Å². The summed E-state index contributed by atoms with van der Waals surface area (Å²) < 4.78 is 1.90. The molecule has 1 aliphatic heterocycles. The maximum Gasteiger partial charge on any atom is 0.0840 e. The Morgan fingerprint density at radius 1 is 1.00 bits per heavy atom. The summed E-state index contributed by atoms with van der Waals surface area (Å²) in [5.41, 5.74) is 4.25. The highest BCUT2D eigenvalue weighted by molar-refractivity contribution is 7.99. The van der Waals surface area contributed by atoms with Crippen molar-refractivity contribution in [1.82, 2.24) is 9.78 Å². The van der Waals surface area contributed by atoms with Gasteiger partial charge in [0.1, 0.15) is 0 Å². The fourth-order valence-electron chi connectivity index (χ4n) is 2.77. The lowest BCUT2D eigenvalue weighted by Gasteiger charge is -2.12. The van der Waals surface area contributed by atoms with Gasteiger partial charge in [0.15, 0.2) is 0 Å². The summed E-state index contributed by atoms with van der Waals surface area (Å²) in [6.45, 7) is 0. The molecule has 0 unspecified atom stereocenters. The molecule has 3 aromatic rings. The molecule has 0 spiro atoms. The van der Waals surface area contributed by atoms with Gasteiger partial charge in [0.05, 0.1) is 22.6 Å². The Morgan fingerprint density at radius 2 is 1.78 bits per heavy atom. The summed E-state index contributed by atoms with van der Waals surface area (Å²) in [5.74, 6) is 1.00. The lowest BCUT2D eigenvalue weighted by molar-refractivity contribution is 0.886. The third kappa shape index (κ3) is 2.76. The summed E-state index contributed by atoms with van der Waals surface area (Å²) in [4.78, 5) is 1.17. The van der Waals surface area contributed by atoms with Gasteiger partial charge < -0.3 is 0 Å². The fraction of sp³-hybridized carbons (Fsp3) is 0.118. The van der Waals surface area contributed by atoms with E-state index in [4.69, 9.17) is 34.8 Å². The molecule has 116 valence electrons. The number of hydrogen-bond acceptors (Lipinski definition) is 2. The summed E-state index contributed by atoms with van der Waals surface area (Å²) in [6.07, 6.45) is 2.88. The Labute approximate surface area is 153 Å². The average molecular weight is 382 g/mol. The van der Waals surface area contributed by atoms with Crippen molar-refractivity contribution in [2.75, 3.05) is 5.75 Å². The second-order valence-corrected chi connectivity index (χ2v) is 7.68. The zero-order valence-electron chi connectivity index (χ0n) is 11.9. The molecule has 4 rings (SSSR count). The minimum Gasteiger partial charge on any atom is -0.231 e. The monoisotopic (exact) mass is 380 g/mol. The zero-order chi connectivity index (χ0) is 16.0. The van der Waals surface area contributed by atoms with E-state index in [-0.39, 0.29) is 0 Å². The molecular formula is C17H11Cl3N2S. The Bertz CT molecular complexity index is 905. The molecule has 1 aromatic heterocycles. The molecule has 0 saturated heterocycles. The highest BCUT2D eigenvalue weighted by atomic mass is 35.5. The summed E-state index contributed by atoms with van der Waals surface area (Å²) in [7, 11) is 0. The third-order valence-corrected chi connectivity index (χ3v) is 5.64. The van der Waals surface area contributed by atoms with Gasteiger partial charge in [0, 0.05) is 26.3 Å². The molecule has 0 amide bonds. The lowest BCUT2D eigenvalue weighted by Crippen LogP contribution is -2.01. The largest absolute Gasteiger partial charge is 0.231 e. The third-order valence-electron chi connectivity index (χ3n) is 3.81. The molecule has 0 N–H and O–H groups in total. The van der Waals surface area contributed by atoms with E-state index in [0.717, 1.165) is 34.1 Å². The quantitative estimate of drug-likeness (QED) is 0.503. The molecule has 0 bridgehead atoms. The van der Waals surface area contributed by atoms with E-state index in [1.165, 1.54) is 10.5 Å². The second-order valence-electron chi connectivity index (χ2n) is 5.26. The minimum atomic E-state index is 0.579. The predicted molar refractivity (Wildman–Crippen MR) is 98.5 cm³/mol. The second kappa shape index (κ2) is 6.06. The van der Waals surface area contributed by atoms with E-state index in [1.807, 2.05) is 46.9 Å². The van der Waals surface area contributed by atoms with Crippen LogP contribution in [0.25, 0.3) is 16.9 Å². The first-order chi connectivity index (χ1) is 11.1. The molecule has 23 heavy (non-hydrogen) atoms. The average Bonchev–Trinajstić information content (AvgIpc) is 2.83. The smallest absolute Gasteiger partial charge is 0.0840 e. The van der Waals surface area contributed by atoms with Crippen LogP contribution in [-0.4, -0.2) is 15.5 Å². The molecule has 2 nitrogen and oxygen atoms in total. The first-order valence-electron chi connectivity index (χ1n) is 7.08. The standard InChI is InChI=1S/C17H11Cl3N2S/c18-11-2-4-15(14(20)7-11)22-17-10(9-21-22)5-6-23-16-8-12(19)1-3-13(16)17/h1-4,7-9H,5-6H2. The normalized spacial score (nSPS) is 13.3. The van der Waals surface area contributed by atoms with Crippen LogP contribution < -0.4 is 0 Å². The van der Waals surface area contributed by atoms with E-state index in [9.17, 15) is 0 Å². The van der Waals surface area contributed by atoms with Crippen LogP contribution in [0.3, 0.4) is 0 Å². The van der Waals surface area contributed by atoms with Gasteiger partial charge in [-0.2, -0.15) is 5.10 Å². The number of benzene rings is 2. The van der Waals surface area contributed by atoms with Crippen LogP contribution in [0.5, 0.6) is 0 Å². The van der Waals surface area contributed by atoms with Crippen LogP contribution in [0.4, 0.5) is 0 Å². The molecule has 6 heteroatoms. The SMILES string of the molecule is Clc1ccc(-n2ncc3c2-c2ccc(Cl)cc2SCC3)c(Cl)c1. The Morgan fingerprint density at radius 3 is 2.61 bits per heavy atom. The summed E-state index contributed by atoms with van der Waals surface area (Å²) in [5, 5.41) is 6.50. The van der Waals surface area contributed by atoms with Crippen molar-refractivity contribution < 1.29 is 0 Å². The molecule has 2 heterocycles. The van der Waals surface area contributed by atoms with Gasteiger partial charge in [0.2, 0.25) is 0 Å². The molecular weight excluding hydrogens is 371 g/mol. The van der Waals surface area contributed by atoms with Gasteiger partial charge in [-0.1, -0.05) is 40.9 Å². The van der Waals surface area contributed by atoms with Gasteiger partial charge in [-0.15, -0.1) is 11.8 Å². The van der Waals surface area contributed by atoms with E-state index >= 15 is 0 Å². The van der Waals surface area contributed by atoms with Crippen LogP contribution >= 0.6 is 46.6 Å². The molecule has 0 saturated carbocycles. The van der Waals surface area contributed by atoms with E-state index < -0.39 is 0 Å². The lowest BCUT2D eigenvalue weighted by atomic mass is 10.1. The van der Waals surface area contributed by atoms with Crippen LogP contribution in [0.1, 0.15) is 5.56 Å². The first kappa shape index (κ1) is 15.4. The fourth-order valence-corrected chi connectivity index (χ4v) is 4.57. The number of aromatic nitrogens is 2. The number of aryl methyl sites for hydroxylation is 1. The van der Waals surface area contributed by atoms with Gasteiger partial charge in [-0.3, -0.25) is 0 Å². The van der Waals surface area contributed by atoms with Crippen molar-refractivity contribution >= 4 is 46.6 Å². The number of nitrogens with zero attached hydrogens (tertiary/aromatic N) is 2. The summed E-state index contributed by atoms with van der Waals surface area (Å²) in [6, 6.07) is 11.4. The Balaban J connectivity index is 1.97. The maximum absolute atomic E-state index is 6.38. The zero-order valence-corrected chi connectivity index (χ0v) is 15.0. The topological polar surface area (TPSA) is 17.8 Å². The number of fused-ring (bicyclic) bond motifs is 3. The van der Waals surface area contributed by atoms with Gasteiger partial charge in [-0.25, -0.2) is 4.68 Å². The van der Waals surface area contributed by atoms with Crippen molar-refractivity contribution in [3.63, 3.8) is 0 Å². The Kier molecular flexibility index (Phi) is 4.06. The van der Waals surface area contributed by atoms with Crippen LogP contribution in [0.15, 0.2) is 47.5 Å². The first-order valence-corrected chi connectivity index (χ1v) is 9.20. The van der Waals surface area contributed by atoms with Crippen LogP contribution in [0.2, 0.25) is 15.1 Å². The molecule has 1 aliphatic rings. The minimum absolute atomic E-state index is 0.579. The van der Waals surface area contributed by atoms with E-state index in [0.29, 0.717) is 10.0 Å². The number of hydrogen-bond donors (Lipinski definition) is 0. The highest BCUT2D eigenvalue weighted by Gasteiger charge is 2.21. The molecule has 0 atom stereocenters. The van der Waals surface area contributed by atoms with Gasteiger partial charge in [-0.05, 0) is 42.3 Å². The maximum atomic E-state index is 6.38. The van der Waals surface area contributed by atoms with Crippen LogP contribution in [0, 0.1) is 0 Å². The van der Waals surface area contributed by atoms with Gasteiger partial charge >= 0.3 is 0 Å². The molecule has 0 radical (unpaired) electrons.